The van der Waals surface area contributed by atoms with Crippen LogP contribution >= 0.6 is 0 Å². The van der Waals surface area contributed by atoms with Crippen LogP contribution in [0.25, 0.3) is 17.0 Å². The molecule has 0 atom stereocenters. The maximum Gasteiger partial charge on any atom is 0.261 e. The Bertz CT molecular complexity index is 1440. The molecule has 0 saturated heterocycles. The molecule has 1 N–H and O–H groups in total. The van der Waals surface area contributed by atoms with Gasteiger partial charge in [-0.15, -0.1) is 0 Å². The van der Waals surface area contributed by atoms with E-state index < -0.39 is 10.0 Å². The summed E-state index contributed by atoms with van der Waals surface area (Å²) in [5.74, 6) is 0.00266. The Morgan fingerprint density at radius 2 is 1.44 bits per heavy atom. The maximum absolute atomic E-state index is 13.0. The summed E-state index contributed by atoms with van der Waals surface area (Å²) in [4.78, 5) is 11.9. The van der Waals surface area contributed by atoms with Crippen LogP contribution in [-0.2, 0) is 10.0 Å². The number of pyridine rings is 1. The van der Waals surface area contributed by atoms with E-state index in [-0.39, 0.29) is 10.7 Å². The fourth-order valence-corrected chi connectivity index (χ4v) is 4.48. The van der Waals surface area contributed by atoms with Crippen molar-refractivity contribution in [3.8, 4) is 11.3 Å². The van der Waals surface area contributed by atoms with E-state index in [1.807, 2.05) is 78.4 Å². The highest BCUT2D eigenvalue weighted by atomic mass is 32.2. The zero-order valence-electron chi connectivity index (χ0n) is 19.0. The molecule has 5 nitrogen and oxygen atoms in total. The van der Waals surface area contributed by atoms with Crippen molar-refractivity contribution in [1.29, 1.82) is 0 Å². The van der Waals surface area contributed by atoms with Crippen molar-refractivity contribution < 1.29 is 17.8 Å². The van der Waals surface area contributed by atoms with Crippen molar-refractivity contribution >= 4 is 21.5 Å². The van der Waals surface area contributed by atoms with Crippen LogP contribution in [0.5, 0.6) is 0 Å². The Kier molecular flexibility index (Phi) is 6.70. The number of ketones is 1. The average Bonchev–Trinajstić information content (AvgIpc) is 2.85. The molecule has 4 aromatic rings. The van der Waals surface area contributed by atoms with E-state index in [1.165, 1.54) is 13.1 Å². The lowest BCUT2D eigenvalue weighted by molar-refractivity contribution is -0.567. The Balaban J connectivity index is 1.80. The molecular formula is C28H25N2O3S+. The molecule has 0 aliphatic carbocycles. The van der Waals surface area contributed by atoms with Crippen LogP contribution in [0.15, 0.2) is 114 Å². The second-order valence-electron chi connectivity index (χ2n) is 7.92. The number of nitrogens with zero attached hydrogens (tertiary/aromatic N) is 1. The summed E-state index contributed by atoms with van der Waals surface area (Å²) in [5, 5.41) is 0. The Labute approximate surface area is 200 Å². The Hall–Kier alpha value is -4.03. The van der Waals surface area contributed by atoms with Gasteiger partial charge in [0, 0.05) is 28.8 Å². The van der Waals surface area contributed by atoms with Gasteiger partial charge in [0.1, 0.15) is 0 Å². The van der Waals surface area contributed by atoms with Gasteiger partial charge in [0.2, 0.25) is 11.4 Å². The second-order valence-corrected chi connectivity index (χ2v) is 9.63. The first-order valence-electron chi connectivity index (χ1n) is 10.8. The number of aromatic nitrogens is 1. The van der Waals surface area contributed by atoms with Gasteiger partial charge in [0.05, 0.1) is 11.1 Å². The highest BCUT2D eigenvalue weighted by molar-refractivity contribution is 7.89. The van der Waals surface area contributed by atoms with E-state index in [9.17, 15) is 13.2 Å². The van der Waals surface area contributed by atoms with E-state index in [4.69, 9.17) is 0 Å². The molecule has 0 spiro atoms. The summed E-state index contributed by atoms with van der Waals surface area (Å²) in [5.41, 5.74) is 4.86. The van der Waals surface area contributed by atoms with Gasteiger partial charge >= 0.3 is 0 Å². The van der Waals surface area contributed by atoms with Crippen molar-refractivity contribution in [2.45, 2.75) is 18.7 Å². The first-order chi connectivity index (χ1) is 16.3. The SMILES string of the molecule is CC(=O)c1ccc(-c2cccc[n+]2C(=CNS(=O)(=O)c2ccc(C)cc2)c2ccccc2)cc1. The molecule has 0 unspecified atom stereocenters. The number of carbonyl (C=O) groups excluding carboxylic acids is 1. The van der Waals surface area contributed by atoms with Gasteiger partial charge in [-0.1, -0.05) is 48.0 Å². The molecule has 0 amide bonds. The zero-order chi connectivity index (χ0) is 24.1. The van der Waals surface area contributed by atoms with E-state index in [2.05, 4.69) is 4.72 Å². The number of carbonyl (C=O) groups is 1. The highest BCUT2D eigenvalue weighted by Gasteiger charge is 2.21. The molecule has 0 aliphatic rings. The van der Waals surface area contributed by atoms with E-state index >= 15 is 0 Å². The predicted octanol–water partition coefficient (Wildman–Crippen LogP) is 4.98. The van der Waals surface area contributed by atoms with Crippen LogP contribution in [0, 0.1) is 6.92 Å². The molecule has 0 aliphatic heterocycles. The zero-order valence-corrected chi connectivity index (χ0v) is 19.8. The molecule has 0 radical (unpaired) electrons. The van der Waals surface area contributed by atoms with Crippen molar-refractivity contribution in [3.63, 3.8) is 0 Å². The van der Waals surface area contributed by atoms with Gasteiger partial charge in [-0.2, -0.15) is 4.57 Å². The lowest BCUT2D eigenvalue weighted by Crippen LogP contribution is -2.36. The minimum Gasteiger partial charge on any atom is -0.295 e. The molecule has 34 heavy (non-hydrogen) atoms. The van der Waals surface area contributed by atoms with Gasteiger partial charge in [-0.3, -0.25) is 9.52 Å². The molecule has 3 aromatic carbocycles. The van der Waals surface area contributed by atoms with Crippen LogP contribution < -0.4 is 9.29 Å². The quantitative estimate of drug-likeness (QED) is 0.307. The molecule has 0 bridgehead atoms. The summed E-state index contributed by atoms with van der Waals surface area (Å²) in [6, 6.07) is 29.4. The van der Waals surface area contributed by atoms with Crippen LogP contribution in [-0.4, -0.2) is 14.2 Å². The minimum absolute atomic E-state index is 0.00266. The van der Waals surface area contributed by atoms with Crippen LogP contribution in [0.1, 0.15) is 28.4 Å². The number of rotatable bonds is 7. The fraction of sp³-hybridized carbons (Fsp3) is 0.0714. The Morgan fingerprint density at radius 1 is 0.794 bits per heavy atom. The van der Waals surface area contributed by atoms with Gasteiger partial charge < -0.3 is 0 Å². The number of hydrogen-bond acceptors (Lipinski definition) is 3. The minimum atomic E-state index is -3.76. The molecule has 6 heteroatoms. The van der Waals surface area contributed by atoms with Crippen molar-refractivity contribution in [3.05, 3.63) is 126 Å². The maximum atomic E-state index is 13.0. The number of benzene rings is 3. The first kappa shape index (κ1) is 23.1. The number of sulfonamides is 1. The standard InChI is InChI=1S/C28H24N2O3S/c1-21-11-17-26(18-12-21)34(32,33)29-20-28(24-8-4-3-5-9-24)30-19-7-6-10-27(30)25-15-13-23(14-16-25)22(2)31/h3-20H,1-2H3/p+1. The molecule has 1 heterocycles. The summed E-state index contributed by atoms with van der Waals surface area (Å²) >= 11 is 0. The van der Waals surface area contributed by atoms with Gasteiger partial charge in [0.25, 0.3) is 10.0 Å². The third-order valence-electron chi connectivity index (χ3n) is 5.46. The van der Waals surface area contributed by atoms with Gasteiger partial charge in [-0.25, -0.2) is 8.42 Å². The first-order valence-corrected chi connectivity index (χ1v) is 12.3. The molecule has 4 rings (SSSR count). The molecular weight excluding hydrogens is 444 g/mol. The average molecular weight is 470 g/mol. The summed E-state index contributed by atoms with van der Waals surface area (Å²) in [7, 11) is -3.76. The van der Waals surface area contributed by atoms with Crippen LogP contribution in [0.4, 0.5) is 0 Å². The van der Waals surface area contributed by atoms with Crippen molar-refractivity contribution in [2.75, 3.05) is 0 Å². The molecule has 170 valence electrons. The third kappa shape index (κ3) is 5.13. The van der Waals surface area contributed by atoms with Crippen molar-refractivity contribution in [2.24, 2.45) is 0 Å². The number of aryl methyl sites for hydroxylation is 1. The summed E-state index contributed by atoms with van der Waals surface area (Å²) < 4.78 is 30.5. The van der Waals surface area contributed by atoms with E-state index in [0.717, 1.165) is 22.4 Å². The lowest BCUT2D eigenvalue weighted by atomic mass is 10.1. The Morgan fingerprint density at radius 3 is 2.09 bits per heavy atom. The predicted molar refractivity (Wildman–Crippen MR) is 133 cm³/mol. The van der Waals surface area contributed by atoms with Crippen LogP contribution in [0.2, 0.25) is 0 Å². The topological polar surface area (TPSA) is 67.1 Å². The number of Topliss-reactive ketones (excluding diaryl/α,β-unsaturated/α-hetero) is 1. The van der Waals surface area contributed by atoms with Gasteiger partial charge in [0.15, 0.2) is 12.0 Å². The molecule has 1 aromatic heterocycles. The molecule has 0 saturated carbocycles. The second kappa shape index (κ2) is 9.85. The largest absolute Gasteiger partial charge is 0.295 e. The number of nitrogens with one attached hydrogen (secondary N) is 1. The third-order valence-corrected chi connectivity index (χ3v) is 6.78. The number of hydrogen-bond donors (Lipinski definition) is 1. The van der Waals surface area contributed by atoms with Gasteiger partial charge in [-0.05, 0) is 56.3 Å². The normalized spacial score (nSPS) is 11.8. The van der Waals surface area contributed by atoms with Crippen molar-refractivity contribution in [1.82, 2.24) is 4.72 Å². The van der Waals surface area contributed by atoms with E-state index in [1.54, 1.807) is 36.4 Å². The van der Waals surface area contributed by atoms with Crippen LogP contribution in [0.3, 0.4) is 0 Å². The highest BCUT2D eigenvalue weighted by Crippen LogP contribution is 2.20. The molecule has 0 fully saturated rings. The summed E-state index contributed by atoms with van der Waals surface area (Å²) in [6.45, 7) is 3.45. The lowest BCUT2D eigenvalue weighted by Gasteiger charge is -2.09. The summed E-state index contributed by atoms with van der Waals surface area (Å²) in [6.07, 6.45) is 3.39. The monoisotopic (exact) mass is 469 g/mol. The fourth-order valence-electron chi connectivity index (χ4n) is 3.58. The van der Waals surface area contributed by atoms with E-state index in [0.29, 0.717) is 11.3 Å². The smallest absolute Gasteiger partial charge is 0.261 e.